The van der Waals surface area contributed by atoms with E-state index in [1.165, 1.54) is 11.1 Å². The van der Waals surface area contributed by atoms with Crippen LogP contribution >= 0.6 is 0 Å². The van der Waals surface area contributed by atoms with Gasteiger partial charge in [0.25, 0.3) is 0 Å². The Balaban J connectivity index is 1.46. The third-order valence-electron chi connectivity index (χ3n) is 7.83. The summed E-state index contributed by atoms with van der Waals surface area (Å²) in [5.74, 6) is 1.41. The number of carbonyl (C=O) groups is 1. The third kappa shape index (κ3) is 4.70. The minimum absolute atomic E-state index is 0.106. The van der Waals surface area contributed by atoms with E-state index in [0.29, 0.717) is 19.0 Å². The molecule has 6 rings (SSSR count). The summed E-state index contributed by atoms with van der Waals surface area (Å²) in [7, 11) is 0. The maximum absolute atomic E-state index is 14.1. The lowest BCUT2D eigenvalue weighted by atomic mass is 9.97. The van der Waals surface area contributed by atoms with Gasteiger partial charge in [0.2, 0.25) is 0 Å². The second-order valence-corrected chi connectivity index (χ2v) is 10.9. The Bertz CT molecular complexity index is 1630. The second kappa shape index (κ2) is 10.5. The van der Waals surface area contributed by atoms with Crippen LogP contribution in [0.2, 0.25) is 0 Å². The topological polar surface area (TPSA) is 55.1 Å². The van der Waals surface area contributed by atoms with E-state index in [0.717, 1.165) is 39.6 Å². The molecule has 0 aliphatic carbocycles. The fraction of sp³-hybridized carbons (Fsp3) is 0.235. The van der Waals surface area contributed by atoms with Crippen LogP contribution in [-0.2, 0) is 13.1 Å². The first-order valence-electron chi connectivity index (χ1n) is 13.9. The molecule has 1 aliphatic heterocycles. The number of hydrogen-bond acceptors (Lipinski definition) is 2. The van der Waals surface area contributed by atoms with Crippen molar-refractivity contribution in [3.63, 3.8) is 0 Å². The molecule has 1 aliphatic rings. The molecule has 0 saturated carbocycles. The standard InChI is InChI=1S/C34H35N5O/c1-23(2)27-16-18-28(19-17-27)32-31-11-8-20-37(31)33-30(25(4)36-39(33)29-9-6-5-7-10-29)22-38(32)34(40)35-21-26-14-12-24(3)13-15-26/h5-20,23,32H,21-22H2,1-4H3,(H,35,40)/t32-/m1/s1. The molecule has 0 fully saturated rings. The monoisotopic (exact) mass is 529 g/mol. The van der Waals surface area contributed by atoms with Crippen molar-refractivity contribution in [1.82, 2.24) is 24.6 Å². The highest BCUT2D eigenvalue weighted by molar-refractivity contribution is 5.76. The minimum Gasteiger partial charge on any atom is -0.334 e. The van der Waals surface area contributed by atoms with Gasteiger partial charge in [0, 0.05) is 18.3 Å². The molecule has 2 amide bonds. The Morgan fingerprint density at radius 2 is 1.65 bits per heavy atom. The summed E-state index contributed by atoms with van der Waals surface area (Å²) in [6, 6.07) is 31.0. The van der Waals surface area contributed by atoms with Crippen molar-refractivity contribution in [1.29, 1.82) is 0 Å². The molecule has 1 N–H and O–H groups in total. The van der Waals surface area contributed by atoms with E-state index in [1.807, 2.05) is 34.7 Å². The van der Waals surface area contributed by atoms with Gasteiger partial charge in [-0.05, 0) is 60.7 Å². The van der Waals surface area contributed by atoms with Gasteiger partial charge in [-0.3, -0.25) is 0 Å². The summed E-state index contributed by atoms with van der Waals surface area (Å²) in [5.41, 5.74) is 8.59. The molecule has 1 atom stereocenters. The zero-order chi connectivity index (χ0) is 27.8. The second-order valence-electron chi connectivity index (χ2n) is 10.9. The maximum atomic E-state index is 14.1. The van der Waals surface area contributed by atoms with E-state index in [-0.39, 0.29) is 12.1 Å². The Kier molecular flexibility index (Phi) is 6.76. The van der Waals surface area contributed by atoms with Crippen LogP contribution in [0.1, 0.15) is 65.0 Å². The molecule has 0 saturated heterocycles. The number of benzene rings is 3. The number of para-hydroxylation sites is 1. The molecule has 3 heterocycles. The first kappa shape index (κ1) is 25.7. The van der Waals surface area contributed by atoms with E-state index < -0.39 is 0 Å². The number of fused-ring (bicyclic) bond motifs is 3. The average Bonchev–Trinajstić information content (AvgIpc) is 3.53. The molecule has 0 spiro atoms. The third-order valence-corrected chi connectivity index (χ3v) is 7.83. The molecule has 2 aromatic heterocycles. The van der Waals surface area contributed by atoms with E-state index in [1.54, 1.807) is 0 Å². The first-order valence-corrected chi connectivity index (χ1v) is 13.9. The zero-order valence-electron chi connectivity index (χ0n) is 23.5. The largest absolute Gasteiger partial charge is 0.334 e. The Labute approximate surface area is 235 Å². The van der Waals surface area contributed by atoms with Gasteiger partial charge >= 0.3 is 6.03 Å². The van der Waals surface area contributed by atoms with Gasteiger partial charge in [0.15, 0.2) is 0 Å². The fourth-order valence-electron chi connectivity index (χ4n) is 5.55. The summed E-state index contributed by atoms with van der Waals surface area (Å²) in [6.07, 6.45) is 2.08. The number of rotatable bonds is 5. The lowest BCUT2D eigenvalue weighted by molar-refractivity contribution is 0.180. The summed E-state index contributed by atoms with van der Waals surface area (Å²) in [6.45, 7) is 9.40. The molecular formula is C34H35N5O. The van der Waals surface area contributed by atoms with Gasteiger partial charge in [-0.2, -0.15) is 5.10 Å². The number of nitrogens with zero attached hydrogens (tertiary/aromatic N) is 4. The average molecular weight is 530 g/mol. The highest BCUT2D eigenvalue weighted by Crippen LogP contribution is 2.38. The molecule has 3 aromatic carbocycles. The summed E-state index contributed by atoms with van der Waals surface area (Å²) in [4.78, 5) is 16.0. The van der Waals surface area contributed by atoms with Crippen molar-refractivity contribution < 1.29 is 4.79 Å². The molecule has 6 heteroatoms. The van der Waals surface area contributed by atoms with Crippen LogP contribution < -0.4 is 5.32 Å². The number of carbonyl (C=O) groups excluding carboxylic acids is 1. The Morgan fingerprint density at radius 3 is 2.35 bits per heavy atom. The van der Waals surface area contributed by atoms with Crippen molar-refractivity contribution in [3.8, 4) is 11.5 Å². The van der Waals surface area contributed by atoms with Crippen molar-refractivity contribution in [2.45, 2.75) is 52.7 Å². The van der Waals surface area contributed by atoms with Crippen molar-refractivity contribution in [3.05, 3.63) is 136 Å². The van der Waals surface area contributed by atoms with Gasteiger partial charge in [-0.15, -0.1) is 0 Å². The van der Waals surface area contributed by atoms with Gasteiger partial charge < -0.3 is 14.8 Å². The molecule has 0 bridgehead atoms. The summed E-state index contributed by atoms with van der Waals surface area (Å²) >= 11 is 0. The van der Waals surface area contributed by atoms with Crippen LogP contribution in [0.3, 0.4) is 0 Å². The molecule has 0 radical (unpaired) electrons. The molecular weight excluding hydrogens is 494 g/mol. The van der Waals surface area contributed by atoms with Crippen molar-refractivity contribution >= 4 is 6.03 Å². The van der Waals surface area contributed by atoms with Crippen molar-refractivity contribution in [2.24, 2.45) is 0 Å². The van der Waals surface area contributed by atoms with E-state index in [9.17, 15) is 4.79 Å². The lowest BCUT2D eigenvalue weighted by Gasteiger charge is -2.31. The SMILES string of the molecule is Cc1ccc(CNC(=O)N2Cc3c(C)nn(-c4ccccc4)c3-n3cccc3[C@H]2c2ccc(C(C)C)cc2)cc1. The van der Waals surface area contributed by atoms with Gasteiger partial charge in [-0.25, -0.2) is 9.48 Å². The maximum Gasteiger partial charge on any atom is 0.318 e. The normalized spacial score (nSPS) is 14.5. The Hall–Kier alpha value is -4.58. The Morgan fingerprint density at radius 1 is 0.925 bits per heavy atom. The molecule has 5 aromatic rings. The smallest absolute Gasteiger partial charge is 0.318 e. The van der Waals surface area contributed by atoms with Gasteiger partial charge in [0.05, 0.1) is 29.7 Å². The molecule has 6 nitrogen and oxygen atoms in total. The highest BCUT2D eigenvalue weighted by atomic mass is 16.2. The first-order chi connectivity index (χ1) is 19.4. The van der Waals surface area contributed by atoms with Crippen LogP contribution in [0, 0.1) is 13.8 Å². The zero-order valence-corrected chi connectivity index (χ0v) is 23.5. The van der Waals surface area contributed by atoms with E-state index >= 15 is 0 Å². The van der Waals surface area contributed by atoms with Crippen LogP contribution in [0.25, 0.3) is 11.5 Å². The lowest BCUT2D eigenvalue weighted by Crippen LogP contribution is -2.41. The number of urea groups is 1. The highest BCUT2D eigenvalue weighted by Gasteiger charge is 2.36. The van der Waals surface area contributed by atoms with Crippen LogP contribution in [0.15, 0.2) is 97.2 Å². The van der Waals surface area contributed by atoms with Crippen molar-refractivity contribution in [2.75, 3.05) is 0 Å². The van der Waals surface area contributed by atoms with E-state index in [2.05, 4.69) is 110 Å². The summed E-state index contributed by atoms with van der Waals surface area (Å²) in [5, 5.41) is 8.15. The number of aryl methyl sites for hydroxylation is 2. The number of aromatic nitrogens is 3. The van der Waals surface area contributed by atoms with Crippen LogP contribution in [-0.4, -0.2) is 25.3 Å². The molecule has 202 valence electrons. The quantitative estimate of drug-likeness (QED) is 0.261. The van der Waals surface area contributed by atoms with Gasteiger partial charge in [0.1, 0.15) is 5.82 Å². The van der Waals surface area contributed by atoms with E-state index in [4.69, 9.17) is 5.10 Å². The fourth-order valence-corrected chi connectivity index (χ4v) is 5.55. The number of amides is 2. The van der Waals surface area contributed by atoms with Gasteiger partial charge in [-0.1, -0.05) is 86.1 Å². The minimum atomic E-state index is -0.273. The van der Waals surface area contributed by atoms with Crippen LogP contribution in [0.4, 0.5) is 4.79 Å². The van der Waals surface area contributed by atoms with Crippen LogP contribution in [0.5, 0.6) is 0 Å². The predicted octanol–water partition coefficient (Wildman–Crippen LogP) is 7.22. The molecule has 0 unspecified atom stereocenters. The summed E-state index contributed by atoms with van der Waals surface area (Å²) < 4.78 is 4.21. The number of nitrogens with one attached hydrogen (secondary N) is 1. The molecule has 40 heavy (non-hydrogen) atoms. The predicted molar refractivity (Wildman–Crippen MR) is 159 cm³/mol. The number of hydrogen-bond donors (Lipinski definition) is 1.